The van der Waals surface area contributed by atoms with E-state index in [1.807, 2.05) is 6.92 Å². The van der Waals surface area contributed by atoms with Gasteiger partial charge in [0.1, 0.15) is 30.9 Å². The van der Waals surface area contributed by atoms with E-state index in [9.17, 15) is 18.8 Å². The zero-order chi connectivity index (χ0) is 28.9. The minimum absolute atomic E-state index is 0.0794. The lowest BCUT2D eigenvalue weighted by molar-refractivity contribution is -0.152. The summed E-state index contributed by atoms with van der Waals surface area (Å²) in [5, 5.41) is 11.3. The van der Waals surface area contributed by atoms with Crippen LogP contribution in [-0.4, -0.2) is 100.0 Å². The molecule has 1 unspecified atom stereocenters. The van der Waals surface area contributed by atoms with E-state index < -0.39 is 58.4 Å². The number of carbonyl (C=O) groups excluding carboxylic acids is 3. The van der Waals surface area contributed by atoms with E-state index in [4.69, 9.17) is 37.6 Å². The quantitative estimate of drug-likeness (QED) is 0.111. The largest absolute Gasteiger partial charge is 0.510 e. The van der Waals surface area contributed by atoms with Gasteiger partial charge < -0.3 is 43.5 Å². The summed E-state index contributed by atoms with van der Waals surface area (Å²) in [4.78, 5) is 36.5. The molecule has 222 valence electrons. The smallest absolute Gasteiger partial charge is 0.438 e. The van der Waals surface area contributed by atoms with Gasteiger partial charge in [-0.05, 0) is 19.1 Å². The lowest BCUT2D eigenvalue weighted by Gasteiger charge is -2.35. The number of amides is 1. The number of aliphatic hydroxyl groups is 1. The molecule has 2 aliphatic rings. The Labute approximate surface area is 226 Å². The highest BCUT2D eigenvalue weighted by Gasteiger charge is 2.48. The summed E-state index contributed by atoms with van der Waals surface area (Å²) in [6.07, 6.45) is 5.52. The van der Waals surface area contributed by atoms with Crippen molar-refractivity contribution in [2.45, 2.75) is 38.0 Å². The van der Waals surface area contributed by atoms with Gasteiger partial charge in [0.15, 0.2) is 6.79 Å². The summed E-state index contributed by atoms with van der Waals surface area (Å²) in [5.41, 5.74) is -1.44. The van der Waals surface area contributed by atoms with Crippen LogP contribution in [0.3, 0.4) is 0 Å². The Bertz CT molecular complexity index is 935. The second-order valence-corrected chi connectivity index (χ2v) is 10.6. The van der Waals surface area contributed by atoms with Gasteiger partial charge in [-0.25, -0.2) is 9.18 Å². The van der Waals surface area contributed by atoms with E-state index in [0.717, 1.165) is 0 Å². The Morgan fingerprint density at radius 3 is 2.62 bits per heavy atom. The molecule has 0 aliphatic carbocycles. The predicted octanol–water partition coefficient (Wildman–Crippen LogP) is 1.77. The highest BCUT2D eigenvalue weighted by molar-refractivity contribution is 7.59. The van der Waals surface area contributed by atoms with Crippen molar-refractivity contribution in [2.75, 3.05) is 53.8 Å². The van der Waals surface area contributed by atoms with Crippen LogP contribution in [0.2, 0.25) is 0 Å². The van der Waals surface area contributed by atoms with Crippen LogP contribution in [0.4, 0.5) is 9.18 Å². The molecule has 2 N–H and O–H groups in total. The summed E-state index contributed by atoms with van der Waals surface area (Å²) >= 11 is 0. The van der Waals surface area contributed by atoms with Gasteiger partial charge in [0.2, 0.25) is 6.79 Å². The molecule has 14 nitrogen and oxygen atoms in total. The van der Waals surface area contributed by atoms with Gasteiger partial charge >= 0.3 is 12.1 Å². The van der Waals surface area contributed by atoms with Crippen LogP contribution in [-0.2, 0) is 46.8 Å². The predicted molar refractivity (Wildman–Crippen MR) is 134 cm³/mol. The molecular weight excluding hydrogens is 546 g/mol. The molecule has 0 bridgehead atoms. The van der Waals surface area contributed by atoms with E-state index in [1.54, 1.807) is 4.90 Å². The SMILES string of the molecule is C=C1NC(=O)C=CN1[C@@H]1O[C@](CF)(COP(=C)(OCOC(=O)CCCOC)OCOC(=O)OCCO)C[C@@H]1C. The summed E-state index contributed by atoms with van der Waals surface area (Å²) in [6.45, 7) is 2.69. The molecular formula is C23H36FN2O12P. The van der Waals surface area contributed by atoms with Crippen LogP contribution in [0.25, 0.3) is 0 Å². The van der Waals surface area contributed by atoms with E-state index in [1.165, 1.54) is 19.4 Å². The standard InChI is InChI=1S/C23H36FN2O12P/c1-17-12-23(13-24,38-21(17)26-8-7-19(28)25-18(26)2)14-35-39(4,37-16-34-22(30)32-11-9-27)36-15-33-20(29)6-5-10-31-3/h7-8,17,21,27H,2,4-6,9-16H2,1,3H3,(H,25,28)/t17-,21+,23+,39?/m0/s1. The highest BCUT2D eigenvalue weighted by atomic mass is 31.2. The third-order valence-electron chi connectivity index (χ3n) is 5.50. The third-order valence-corrected chi connectivity index (χ3v) is 7.02. The number of esters is 1. The van der Waals surface area contributed by atoms with Crippen LogP contribution in [0.5, 0.6) is 0 Å². The van der Waals surface area contributed by atoms with Gasteiger partial charge in [-0.2, -0.15) is 0 Å². The van der Waals surface area contributed by atoms with Crippen molar-refractivity contribution in [3.63, 3.8) is 0 Å². The van der Waals surface area contributed by atoms with Crippen LogP contribution in [0.1, 0.15) is 26.2 Å². The minimum Gasteiger partial charge on any atom is -0.438 e. The Hall–Kier alpha value is -2.52. The molecule has 1 saturated heterocycles. The first-order valence-corrected chi connectivity index (χ1v) is 13.7. The molecule has 0 aromatic heterocycles. The van der Waals surface area contributed by atoms with Gasteiger partial charge in [-0.3, -0.25) is 18.6 Å². The summed E-state index contributed by atoms with van der Waals surface area (Å²) in [7, 11) is -2.12. The lowest BCUT2D eigenvalue weighted by Crippen LogP contribution is -2.45. The Balaban J connectivity index is 2.03. The fourth-order valence-electron chi connectivity index (χ4n) is 3.64. The van der Waals surface area contributed by atoms with Gasteiger partial charge in [-0.1, -0.05) is 13.5 Å². The fourth-order valence-corrected chi connectivity index (χ4v) is 4.72. The number of rotatable bonds is 17. The molecule has 2 aliphatic heterocycles. The van der Waals surface area contributed by atoms with E-state index in [0.29, 0.717) is 13.0 Å². The first kappa shape index (κ1) is 32.7. The fraction of sp³-hybridized carbons (Fsp3) is 0.652. The van der Waals surface area contributed by atoms with Gasteiger partial charge in [0, 0.05) is 38.3 Å². The van der Waals surface area contributed by atoms with E-state index in [2.05, 4.69) is 22.9 Å². The van der Waals surface area contributed by atoms with Crippen LogP contribution in [0, 0.1) is 5.92 Å². The highest BCUT2D eigenvalue weighted by Crippen LogP contribution is 2.51. The average molecular weight is 583 g/mol. The van der Waals surface area contributed by atoms with Crippen molar-refractivity contribution < 1.29 is 61.1 Å². The molecule has 0 aromatic rings. The molecule has 1 amide bonds. The number of halogens is 1. The van der Waals surface area contributed by atoms with Crippen LogP contribution >= 0.6 is 7.57 Å². The maximum atomic E-state index is 14.4. The van der Waals surface area contributed by atoms with E-state index in [-0.39, 0.29) is 43.7 Å². The maximum Gasteiger partial charge on any atom is 0.510 e. The Kier molecular flexibility index (Phi) is 13.3. The molecule has 2 heterocycles. The monoisotopic (exact) mass is 582 g/mol. The number of methoxy groups -OCH3 is 1. The van der Waals surface area contributed by atoms with Gasteiger partial charge in [0.25, 0.3) is 13.5 Å². The molecule has 0 radical (unpaired) electrons. The number of ether oxygens (including phenoxy) is 5. The zero-order valence-corrected chi connectivity index (χ0v) is 22.9. The minimum atomic E-state index is -3.62. The molecule has 39 heavy (non-hydrogen) atoms. The topological polar surface area (TPSA) is 161 Å². The number of nitrogens with zero attached hydrogens (tertiary/aromatic N) is 1. The van der Waals surface area contributed by atoms with Gasteiger partial charge in [0.05, 0.1) is 13.2 Å². The molecule has 0 saturated carbocycles. The lowest BCUT2D eigenvalue weighted by atomic mass is 9.96. The number of carbonyl (C=O) groups is 3. The van der Waals surface area contributed by atoms with Gasteiger partial charge in [-0.15, -0.1) is 0 Å². The Morgan fingerprint density at radius 1 is 1.26 bits per heavy atom. The van der Waals surface area contributed by atoms with Crippen molar-refractivity contribution in [3.8, 4) is 0 Å². The maximum absolute atomic E-state index is 14.4. The third kappa shape index (κ3) is 10.5. The second kappa shape index (κ2) is 15.9. The zero-order valence-electron chi connectivity index (χ0n) is 22.0. The van der Waals surface area contributed by atoms with Crippen LogP contribution in [0.15, 0.2) is 24.7 Å². The average Bonchev–Trinajstić information content (AvgIpc) is 3.23. The van der Waals surface area contributed by atoms with Crippen molar-refractivity contribution in [1.29, 1.82) is 0 Å². The number of hydrogen-bond donors (Lipinski definition) is 2. The number of alkyl halides is 1. The number of hydrogen-bond acceptors (Lipinski definition) is 13. The van der Waals surface area contributed by atoms with Crippen molar-refractivity contribution in [1.82, 2.24) is 10.2 Å². The first-order chi connectivity index (χ1) is 18.6. The molecule has 16 heteroatoms. The van der Waals surface area contributed by atoms with Crippen LogP contribution < -0.4 is 5.32 Å². The van der Waals surface area contributed by atoms with Crippen molar-refractivity contribution >= 4 is 31.9 Å². The second-order valence-electron chi connectivity index (χ2n) is 8.62. The van der Waals surface area contributed by atoms with Crippen molar-refractivity contribution in [3.05, 3.63) is 24.7 Å². The van der Waals surface area contributed by atoms with E-state index >= 15 is 0 Å². The molecule has 1 fully saturated rings. The molecule has 4 atom stereocenters. The Morgan fingerprint density at radius 2 is 1.97 bits per heavy atom. The normalized spacial score (nSPS) is 24.3. The summed E-state index contributed by atoms with van der Waals surface area (Å²) in [5.74, 6) is -0.846. The number of aliphatic hydroxyl groups excluding tert-OH is 1. The van der Waals surface area contributed by atoms with Crippen molar-refractivity contribution in [2.24, 2.45) is 5.92 Å². The molecule has 0 spiro atoms. The number of nitrogens with one attached hydrogen (secondary N) is 1. The summed E-state index contributed by atoms with van der Waals surface area (Å²) in [6, 6.07) is 0. The first-order valence-electron chi connectivity index (χ1n) is 12.0. The molecule has 0 aromatic carbocycles. The summed E-state index contributed by atoms with van der Waals surface area (Å²) < 4.78 is 56.2. The molecule has 2 rings (SSSR count).